The second kappa shape index (κ2) is 6.76. The fourth-order valence-electron chi connectivity index (χ4n) is 2.90. The van der Waals surface area contributed by atoms with Crippen molar-refractivity contribution in [1.82, 2.24) is 0 Å². The zero-order chi connectivity index (χ0) is 13.7. The summed E-state index contributed by atoms with van der Waals surface area (Å²) < 4.78 is 0. The zero-order valence-electron chi connectivity index (χ0n) is 11.3. The van der Waals surface area contributed by atoms with Gasteiger partial charge in [-0.2, -0.15) is 0 Å². The van der Waals surface area contributed by atoms with E-state index in [0.717, 1.165) is 25.7 Å². The first-order valence-corrected chi connectivity index (χ1v) is 6.87. The van der Waals surface area contributed by atoms with E-state index in [1.807, 2.05) is 0 Å². The summed E-state index contributed by atoms with van der Waals surface area (Å²) in [6, 6.07) is 0. The fraction of sp³-hybridized carbons (Fsp3) is 0.857. The topological polar surface area (TPSA) is 74.6 Å². The molecule has 1 aliphatic rings. The molecule has 1 aliphatic carbocycles. The van der Waals surface area contributed by atoms with Crippen molar-refractivity contribution in [2.45, 2.75) is 52.4 Å². The van der Waals surface area contributed by atoms with Crippen LogP contribution in [0.4, 0.5) is 0 Å². The van der Waals surface area contributed by atoms with Crippen LogP contribution in [0.1, 0.15) is 52.4 Å². The lowest BCUT2D eigenvalue weighted by atomic mass is 9.72. The third-order valence-corrected chi connectivity index (χ3v) is 3.99. The van der Waals surface area contributed by atoms with Crippen molar-refractivity contribution in [3.05, 3.63) is 0 Å². The third-order valence-electron chi connectivity index (χ3n) is 3.99. The molecule has 3 atom stereocenters. The molecule has 1 fully saturated rings. The summed E-state index contributed by atoms with van der Waals surface area (Å²) in [6.45, 7) is 4.36. The molecule has 0 aliphatic heterocycles. The Hall–Kier alpha value is -1.06. The molecule has 0 heterocycles. The average molecular weight is 256 g/mol. The average Bonchev–Trinajstić information content (AvgIpc) is 2.28. The van der Waals surface area contributed by atoms with Crippen LogP contribution in [-0.4, -0.2) is 22.2 Å². The van der Waals surface area contributed by atoms with Gasteiger partial charge in [-0.15, -0.1) is 0 Å². The number of hydrogen-bond donors (Lipinski definition) is 2. The summed E-state index contributed by atoms with van der Waals surface area (Å²) in [5.41, 5.74) is 0. The highest BCUT2D eigenvalue weighted by Gasteiger charge is 2.39. The Labute approximate surface area is 108 Å². The van der Waals surface area contributed by atoms with Gasteiger partial charge < -0.3 is 10.2 Å². The Balaban J connectivity index is 2.47. The Morgan fingerprint density at radius 1 is 1.11 bits per heavy atom. The van der Waals surface area contributed by atoms with Crippen LogP contribution in [0, 0.1) is 23.7 Å². The highest BCUT2D eigenvalue weighted by Crippen LogP contribution is 2.37. The smallest absolute Gasteiger partial charge is 0.307 e. The van der Waals surface area contributed by atoms with Crippen molar-refractivity contribution in [3.63, 3.8) is 0 Å². The normalized spacial score (nSPS) is 28.3. The molecular weight excluding hydrogens is 232 g/mol. The van der Waals surface area contributed by atoms with E-state index in [9.17, 15) is 9.59 Å². The first-order valence-electron chi connectivity index (χ1n) is 6.87. The number of carboxylic acid groups (broad SMARTS) is 2. The summed E-state index contributed by atoms with van der Waals surface area (Å²) in [7, 11) is 0. The molecule has 2 N–H and O–H groups in total. The highest BCUT2D eigenvalue weighted by molar-refractivity contribution is 5.80. The van der Waals surface area contributed by atoms with Gasteiger partial charge >= 0.3 is 11.9 Å². The molecule has 4 heteroatoms. The van der Waals surface area contributed by atoms with Crippen LogP contribution in [0.3, 0.4) is 0 Å². The van der Waals surface area contributed by atoms with Crippen LogP contribution in [0.5, 0.6) is 0 Å². The minimum Gasteiger partial charge on any atom is -0.481 e. The van der Waals surface area contributed by atoms with Gasteiger partial charge in [0.15, 0.2) is 0 Å². The number of hydrogen-bond acceptors (Lipinski definition) is 2. The molecule has 0 saturated heterocycles. The van der Waals surface area contributed by atoms with Crippen molar-refractivity contribution < 1.29 is 19.8 Å². The number of carboxylic acids is 2. The minimum absolute atomic E-state index is 0.389. The largest absolute Gasteiger partial charge is 0.481 e. The molecule has 0 amide bonds. The third kappa shape index (κ3) is 4.31. The summed E-state index contributed by atoms with van der Waals surface area (Å²) in [5, 5.41) is 18.2. The van der Waals surface area contributed by atoms with Gasteiger partial charge in [-0.05, 0) is 31.1 Å². The Morgan fingerprint density at radius 3 is 2.22 bits per heavy atom. The van der Waals surface area contributed by atoms with Gasteiger partial charge in [0.25, 0.3) is 0 Å². The maximum Gasteiger partial charge on any atom is 0.307 e. The predicted molar refractivity (Wildman–Crippen MR) is 68.3 cm³/mol. The second-order valence-electron chi connectivity index (χ2n) is 5.89. The van der Waals surface area contributed by atoms with E-state index in [1.54, 1.807) is 0 Å². The molecule has 0 aromatic carbocycles. The SMILES string of the molecule is CC(C)CCC[C@@H]1CC[C@@H](C(=O)O)[C@H](C(=O)O)C1. The molecule has 4 nitrogen and oxygen atoms in total. The molecule has 0 spiro atoms. The second-order valence-corrected chi connectivity index (χ2v) is 5.89. The maximum absolute atomic E-state index is 11.1. The van der Waals surface area contributed by atoms with Crippen LogP contribution in [-0.2, 0) is 9.59 Å². The monoisotopic (exact) mass is 256 g/mol. The molecule has 1 saturated carbocycles. The molecule has 1 rings (SSSR count). The van der Waals surface area contributed by atoms with Gasteiger partial charge in [0.05, 0.1) is 11.8 Å². The molecule has 0 bridgehead atoms. The molecular formula is C14H24O4. The lowest BCUT2D eigenvalue weighted by Crippen LogP contribution is -2.35. The van der Waals surface area contributed by atoms with Crippen molar-refractivity contribution in [2.24, 2.45) is 23.7 Å². The molecule has 0 aromatic heterocycles. The van der Waals surface area contributed by atoms with E-state index in [0.29, 0.717) is 24.7 Å². The molecule has 18 heavy (non-hydrogen) atoms. The van der Waals surface area contributed by atoms with Gasteiger partial charge in [-0.1, -0.05) is 33.1 Å². The van der Waals surface area contributed by atoms with Crippen molar-refractivity contribution in [1.29, 1.82) is 0 Å². The zero-order valence-corrected chi connectivity index (χ0v) is 11.3. The number of carbonyl (C=O) groups is 2. The van der Waals surface area contributed by atoms with Gasteiger partial charge in [-0.3, -0.25) is 9.59 Å². The van der Waals surface area contributed by atoms with E-state index >= 15 is 0 Å². The van der Waals surface area contributed by atoms with E-state index in [1.165, 1.54) is 0 Å². The van der Waals surface area contributed by atoms with E-state index in [4.69, 9.17) is 10.2 Å². The summed E-state index contributed by atoms with van der Waals surface area (Å²) in [6.07, 6.45) is 5.22. The molecule has 0 aromatic rings. The van der Waals surface area contributed by atoms with E-state index in [2.05, 4.69) is 13.8 Å². The lowest BCUT2D eigenvalue weighted by molar-refractivity contribution is -0.156. The molecule has 0 radical (unpaired) electrons. The predicted octanol–water partition coefficient (Wildman–Crippen LogP) is 3.01. The first-order chi connectivity index (χ1) is 8.41. The van der Waals surface area contributed by atoms with E-state index < -0.39 is 23.8 Å². The number of aliphatic carboxylic acids is 2. The van der Waals surface area contributed by atoms with Crippen molar-refractivity contribution in [2.75, 3.05) is 0 Å². The van der Waals surface area contributed by atoms with Crippen LogP contribution in [0.25, 0.3) is 0 Å². The highest BCUT2D eigenvalue weighted by atomic mass is 16.4. The lowest BCUT2D eigenvalue weighted by Gasteiger charge is -2.31. The molecule has 104 valence electrons. The van der Waals surface area contributed by atoms with Crippen LogP contribution in [0.15, 0.2) is 0 Å². The Morgan fingerprint density at radius 2 is 1.72 bits per heavy atom. The summed E-state index contributed by atoms with van der Waals surface area (Å²) >= 11 is 0. The quantitative estimate of drug-likeness (QED) is 0.766. The van der Waals surface area contributed by atoms with Gasteiger partial charge in [0.2, 0.25) is 0 Å². The first kappa shape index (κ1) is 15.0. The van der Waals surface area contributed by atoms with Crippen LogP contribution in [0.2, 0.25) is 0 Å². The number of rotatable bonds is 6. The molecule has 0 unspecified atom stereocenters. The van der Waals surface area contributed by atoms with Crippen molar-refractivity contribution >= 4 is 11.9 Å². The fourth-order valence-corrected chi connectivity index (χ4v) is 2.90. The minimum atomic E-state index is -0.956. The Bertz CT molecular complexity index is 298. The maximum atomic E-state index is 11.1. The van der Waals surface area contributed by atoms with Crippen LogP contribution >= 0.6 is 0 Å². The summed E-state index contributed by atoms with van der Waals surface area (Å²) in [4.78, 5) is 22.1. The van der Waals surface area contributed by atoms with E-state index in [-0.39, 0.29) is 0 Å². The summed E-state index contributed by atoms with van der Waals surface area (Å²) in [5.74, 6) is -2.22. The van der Waals surface area contributed by atoms with Crippen molar-refractivity contribution in [3.8, 4) is 0 Å². The Kier molecular flexibility index (Phi) is 5.63. The van der Waals surface area contributed by atoms with Gasteiger partial charge in [-0.25, -0.2) is 0 Å². The van der Waals surface area contributed by atoms with Crippen LogP contribution < -0.4 is 0 Å². The standard InChI is InChI=1S/C14H24O4/c1-9(2)4-3-5-10-6-7-11(13(15)16)12(8-10)14(17)18/h9-12H,3-8H2,1-2H3,(H,15,16)(H,17,18)/t10-,11-,12-/m1/s1. The van der Waals surface area contributed by atoms with Gasteiger partial charge in [0, 0.05) is 0 Å². The van der Waals surface area contributed by atoms with Gasteiger partial charge in [0.1, 0.15) is 0 Å².